The largest absolute Gasteiger partial charge is 0.497 e. The Morgan fingerprint density at radius 3 is 2.42 bits per heavy atom. The average Bonchev–Trinajstić information content (AvgIpc) is 3.25. The van der Waals surface area contributed by atoms with Gasteiger partial charge >= 0.3 is 6.03 Å². The molecule has 1 heterocycles. The van der Waals surface area contributed by atoms with E-state index in [4.69, 9.17) is 10.5 Å². The Kier molecular flexibility index (Phi) is 8.61. The van der Waals surface area contributed by atoms with Crippen LogP contribution in [0.2, 0.25) is 0 Å². The van der Waals surface area contributed by atoms with Crippen molar-refractivity contribution in [1.29, 1.82) is 0 Å². The molecule has 4 amide bonds. The van der Waals surface area contributed by atoms with Gasteiger partial charge in [-0.05, 0) is 48.4 Å². The van der Waals surface area contributed by atoms with Gasteiger partial charge < -0.3 is 21.1 Å². The number of anilines is 2. The number of urea groups is 1. The number of nitrogens with zero attached hydrogens (tertiary/aromatic N) is 2. The van der Waals surface area contributed by atoms with Crippen molar-refractivity contribution in [2.75, 3.05) is 30.0 Å². The Morgan fingerprint density at radius 1 is 1.03 bits per heavy atom. The van der Waals surface area contributed by atoms with Crippen molar-refractivity contribution in [3.05, 3.63) is 59.7 Å². The van der Waals surface area contributed by atoms with Gasteiger partial charge in [-0.25, -0.2) is 4.79 Å². The van der Waals surface area contributed by atoms with Crippen LogP contribution in [0.1, 0.15) is 15.9 Å². The van der Waals surface area contributed by atoms with Gasteiger partial charge in [0, 0.05) is 17.8 Å². The van der Waals surface area contributed by atoms with Gasteiger partial charge in [0.05, 0.1) is 12.9 Å². The van der Waals surface area contributed by atoms with Gasteiger partial charge in [0.2, 0.25) is 16.9 Å². The number of carbonyl (C=O) groups is 3. The van der Waals surface area contributed by atoms with Crippen LogP contribution in [0.25, 0.3) is 0 Å². The number of hydrogen-bond acceptors (Lipinski definition) is 8. The van der Waals surface area contributed by atoms with Crippen LogP contribution in [0, 0.1) is 0 Å². The van der Waals surface area contributed by atoms with Crippen LogP contribution in [0.15, 0.2) is 52.9 Å². The monoisotopic (exact) mass is 486 g/mol. The molecule has 10 nitrogen and oxygen atoms in total. The Bertz CT molecular complexity index is 1100. The second kappa shape index (κ2) is 11.8. The lowest BCUT2D eigenvalue weighted by molar-refractivity contribution is -0.113. The van der Waals surface area contributed by atoms with E-state index in [0.29, 0.717) is 33.7 Å². The topological polar surface area (TPSA) is 148 Å². The van der Waals surface area contributed by atoms with Gasteiger partial charge in [-0.2, -0.15) is 0 Å². The van der Waals surface area contributed by atoms with Gasteiger partial charge in [-0.15, -0.1) is 10.2 Å². The number of nitrogens with one attached hydrogen (secondary N) is 3. The second-order valence-corrected chi connectivity index (χ2v) is 8.83. The van der Waals surface area contributed by atoms with E-state index in [9.17, 15) is 14.4 Å². The first kappa shape index (κ1) is 24.0. The van der Waals surface area contributed by atoms with Crippen molar-refractivity contribution >= 4 is 51.8 Å². The molecular formula is C21H22N6O4S2. The quantitative estimate of drug-likeness (QED) is 0.254. The zero-order chi connectivity index (χ0) is 23.6. The fraction of sp³-hybridized carbons (Fsp3) is 0.190. The summed E-state index contributed by atoms with van der Waals surface area (Å²) >= 11 is 2.37. The third-order valence-corrected chi connectivity index (χ3v) is 6.24. The molecular weight excluding hydrogens is 464 g/mol. The third-order valence-electron chi connectivity index (χ3n) is 4.27. The highest BCUT2D eigenvalue weighted by Crippen LogP contribution is 2.25. The Labute approximate surface area is 198 Å². The molecule has 0 aliphatic rings. The minimum atomic E-state index is -0.532. The lowest BCUT2D eigenvalue weighted by atomic mass is 10.1. The van der Waals surface area contributed by atoms with E-state index in [-0.39, 0.29) is 17.7 Å². The summed E-state index contributed by atoms with van der Waals surface area (Å²) in [5.41, 5.74) is 7.18. The summed E-state index contributed by atoms with van der Waals surface area (Å²) in [6, 6.07) is 13.5. The lowest BCUT2D eigenvalue weighted by Crippen LogP contribution is -2.30. The summed E-state index contributed by atoms with van der Waals surface area (Å²) in [6.45, 7) is 0.458. The van der Waals surface area contributed by atoms with Crippen LogP contribution < -0.4 is 26.4 Å². The van der Waals surface area contributed by atoms with Crippen molar-refractivity contribution < 1.29 is 19.1 Å². The molecule has 3 aromatic rings. The van der Waals surface area contributed by atoms with E-state index in [0.717, 1.165) is 11.3 Å². The highest BCUT2D eigenvalue weighted by atomic mass is 32.2. The molecule has 3 rings (SSSR count). The fourth-order valence-electron chi connectivity index (χ4n) is 2.61. The van der Waals surface area contributed by atoms with E-state index in [1.165, 1.54) is 35.2 Å². The molecule has 5 N–H and O–H groups in total. The molecule has 12 heteroatoms. The zero-order valence-electron chi connectivity index (χ0n) is 17.7. The molecule has 0 aliphatic carbocycles. The first-order valence-corrected chi connectivity index (χ1v) is 11.6. The average molecular weight is 487 g/mol. The van der Waals surface area contributed by atoms with Crippen molar-refractivity contribution in [3.8, 4) is 5.75 Å². The lowest BCUT2D eigenvalue weighted by Gasteiger charge is -2.06. The number of thioether (sulfide) groups is 1. The number of carbonyl (C=O) groups excluding carboxylic acids is 3. The molecule has 0 aliphatic heterocycles. The third kappa shape index (κ3) is 7.77. The van der Waals surface area contributed by atoms with Gasteiger partial charge in [0.1, 0.15) is 5.75 Å². The molecule has 0 unspecified atom stereocenters. The normalized spacial score (nSPS) is 10.3. The zero-order valence-corrected chi connectivity index (χ0v) is 19.3. The second-order valence-electron chi connectivity index (χ2n) is 6.63. The van der Waals surface area contributed by atoms with Crippen LogP contribution >= 0.6 is 23.1 Å². The van der Waals surface area contributed by atoms with Crippen LogP contribution in [0.4, 0.5) is 15.6 Å². The first-order chi connectivity index (χ1) is 15.9. The van der Waals surface area contributed by atoms with Crippen molar-refractivity contribution in [1.82, 2.24) is 15.5 Å². The standard InChI is InChI=1S/C21H22N6O4S2/c1-31-16-8-2-13(3-9-16)10-11-23-19(30)25-20-26-27-21(33-20)32-12-17(28)24-15-6-4-14(5-7-15)18(22)29/h2-9H,10-12H2,1H3,(H2,22,29)(H,24,28)(H2,23,25,26,30). The number of benzene rings is 2. The molecule has 2 aromatic carbocycles. The predicted molar refractivity (Wildman–Crippen MR) is 128 cm³/mol. The van der Waals surface area contributed by atoms with Crippen LogP contribution in [-0.2, 0) is 11.2 Å². The Hall–Kier alpha value is -3.64. The number of aromatic nitrogens is 2. The number of hydrogen-bond donors (Lipinski definition) is 4. The number of methoxy groups -OCH3 is 1. The molecule has 33 heavy (non-hydrogen) atoms. The van der Waals surface area contributed by atoms with E-state index in [1.54, 1.807) is 19.2 Å². The van der Waals surface area contributed by atoms with Crippen LogP contribution in [0.5, 0.6) is 5.75 Å². The van der Waals surface area contributed by atoms with Gasteiger partial charge in [-0.1, -0.05) is 35.2 Å². The van der Waals surface area contributed by atoms with Crippen LogP contribution in [-0.4, -0.2) is 47.5 Å². The SMILES string of the molecule is COc1ccc(CCNC(=O)Nc2nnc(SCC(=O)Nc3ccc(C(N)=O)cc3)s2)cc1. The molecule has 0 saturated heterocycles. The van der Waals surface area contributed by atoms with Gasteiger partial charge in [0.15, 0.2) is 4.34 Å². The van der Waals surface area contributed by atoms with E-state index in [1.807, 2.05) is 24.3 Å². The van der Waals surface area contributed by atoms with Gasteiger partial charge in [-0.3, -0.25) is 14.9 Å². The first-order valence-electron chi connectivity index (χ1n) is 9.77. The fourth-order valence-corrected chi connectivity index (χ4v) is 4.16. The van der Waals surface area contributed by atoms with Crippen LogP contribution in [0.3, 0.4) is 0 Å². The molecule has 1 aromatic heterocycles. The maximum Gasteiger partial charge on any atom is 0.321 e. The summed E-state index contributed by atoms with van der Waals surface area (Å²) in [5.74, 6) is 0.119. The summed E-state index contributed by atoms with van der Waals surface area (Å²) in [7, 11) is 1.61. The Morgan fingerprint density at radius 2 is 1.76 bits per heavy atom. The minimum Gasteiger partial charge on any atom is -0.497 e. The predicted octanol–water partition coefficient (Wildman–Crippen LogP) is 2.74. The molecule has 0 bridgehead atoms. The van der Waals surface area contributed by atoms with Crippen molar-refractivity contribution in [2.45, 2.75) is 10.8 Å². The van der Waals surface area contributed by atoms with E-state index < -0.39 is 5.91 Å². The molecule has 172 valence electrons. The summed E-state index contributed by atoms with van der Waals surface area (Å²) < 4.78 is 5.66. The van der Waals surface area contributed by atoms with Crippen molar-refractivity contribution in [2.24, 2.45) is 5.73 Å². The van der Waals surface area contributed by atoms with E-state index >= 15 is 0 Å². The number of amides is 4. The molecule has 0 saturated carbocycles. The number of rotatable bonds is 10. The highest BCUT2D eigenvalue weighted by Gasteiger charge is 2.11. The number of ether oxygens (including phenoxy) is 1. The summed E-state index contributed by atoms with van der Waals surface area (Å²) in [5, 5.41) is 16.3. The smallest absolute Gasteiger partial charge is 0.321 e. The summed E-state index contributed by atoms with van der Waals surface area (Å²) in [4.78, 5) is 35.2. The molecule has 0 atom stereocenters. The highest BCUT2D eigenvalue weighted by molar-refractivity contribution is 8.01. The summed E-state index contributed by atoms with van der Waals surface area (Å²) in [6.07, 6.45) is 0.676. The maximum atomic E-state index is 12.1. The van der Waals surface area contributed by atoms with Crippen molar-refractivity contribution in [3.63, 3.8) is 0 Å². The Balaban J connectivity index is 1.37. The number of nitrogens with two attached hydrogens (primary N) is 1. The molecule has 0 fully saturated rings. The van der Waals surface area contributed by atoms with Gasteiger partial charge in [0.25, 0.3) is 0 Å². The molecule has 0 spiro atoms. The number of primary amides is 1. The minimum absolute atomic E-state index is 0.111. The maximum absolute atomic E-state index is 12.1. The molecule has 0 radical (unpaired) electrons. The van der Waals surface area contributed by atoms with E-state index in [2.05, 4.69) is 26.1 Å².